The normalized spacial score (nSPS) is 11.1. The summed E-state index contributed by atoms with van der Waals surface area (Å²) >= 11 is 4.94. The van der Waals surface area contributed by atoms with Gasteiger partial charge in [0.1, 0.15) is 0 Å². The van der Waals surface area contributed by atoms with E-state index in [2.05, 4.69) is 18.6 Å². The maximum atomic E-state index is 4.88. The Balaban J connectivity index is 2.45. The Morgan fingerprint density at radius 1 is 1.86 bits per heavy atom. The topological polar surface area (TPSA) is 9.23 Å². The summed E-state index contributed by atoms with van der Waals surface area (Å²) in [5.74, 6) is 0. The third kappa shape index (κ3) is 7.09. The summed E-state index contributed by atoms with van der Waals surface area (Å²) in [5, 5.41) is 0. The molecule has 0 heterocycles. The average molecular weight is 156 g/mol. The van der Waals surface area contributed by atoms with E-state index in [1.54, 1.807) is 0 Å². The van der Waals surface area contributed by atoms with Gasteiger partial charge in [-0.2, -0.15) is 0 Å². The highest BCUT2D eigenvalue weighted by molar-refractivity contribution is 8.67. The predicted molar refractivity (Wildman–Crippen MR) is 41.1 cm³/mol. The van der Waals surface area contributed by atoms with Gasteiger partial charge in [0.15, 0.2) is 0 Å². The lowest BCUT2D eigenvalue weighted by atomic mass is 10.6. The summed E-state index contributed by atoms with van der Waals surface area (Å²) < 4.78 is 4.88. The van der Waals surface area contributed by atoms with Crippen molar-refractivity contribution in [1.82, 2.24) is 0 Å². The minimum Gasteiger partial charge on any atom is -0.286 e. The van der Waals surface area contributed by atoms with Crippen LogP contribution in [-0.4, -0.2) is 6.16 Å². The average Bonchev–Trinajstić information content (AvgIpc) is 1.69. The number of rotatable bonds is 4. The van der Waals surface area contributed by atoms with E-state index in [0.29, 0.717) is 8.81 Å². The van der Waals surface area contributed by atoms with E-state index in [9.17, 15) is 0 Å². The fourth-order valence-electron chi connectivity index (χ4n) is 0.170. The summed E-state index contributed by atoms with van der Waals surface area (Å²) in [5.41, 5.74) is 0. The monoisotopic (exact) mass is 156 g/mol. The molecule has 0 saturated carbocycles. The molecule has 0 aliphatic rings. The minimum absolute atomic E-state index is 0.619. The second kappa shape index (κ2) is 7.09. The Hall–Kier alpha value is 1.09. The molecule has 0 aromatic heterocycles. The highest BCUT2D eigenvalue weighted by Gasteiger charge is 1.80. The van der Waals surface area contributed by atoms with E-state index in [4.69, 9.17) is 3.97 Å². The van der Waals surface area contributed by atoms with Crippen LogP contribution in [0.2, 0.25) is 0 Å². The fraction of sp³-hybridized carbons (Fsp3) is 1.00. The van der Waals surface area contributed by atoms with Crippen molar-refractivity contribution < 1.29 is 3.97 Å². The van der Waals surface area contributed by atoms with Crippen molar-refractivity contribution in [3.8, 4) is 0 Å². The third-order valence-electron chi connectivity index (χ3n) is 0.448. The minimum atomic E-state index is 0.619. The molecule has 0 radical (unpaired) electrons. The van der Waals surface area contributed by atoms with Crippen LogP contribution in [0.5, 0.6) is 0 Å². The molecule has 0 rings (SSSR count). The molecule has 1 atom stereocenters. The van der Waals surface area contributed by atoms with Crippen LogP contribution in [0, 0.1) is 0 Å². The molecular formula is C3H9OPS2. The van der Waals surface area contributed by atoms with E-state index in [1.807, 2.05) is 0 Å². The molecule has 0 aromatic rings. The summed E-state index contributed by atoms with van der Waals surface area (Å²) in [6.07, 6.45) is 2.36. The zero-order valence-electron chi connectivity index (χ0n) is 4.18. The van der Waals surface area contributed by atoms with Crippen LogP contribution in [0.25, 0.3) is 0 Å². The molecule has 0 bridgehead atoms. The third-order valence-corrected chi connectivity index (χ3v) is 2.59. The molecule has 0 saturated heterocycles. The van der Waals surface area contributed by atoms with Crippen molar-refractivity contribution in [2.75, 3.05) is 6.16 Å². The number of hydrogen-bond donors (Lipinski definition) is 1. The summed E-state index contributed by atoms with van der Waals surface area (Å²) in [6, 6.07) is 0. The quantitative estimate of drug-likeness (QED) is 0.220. The van der Waals surface area contributed by atoms with Crippen LogP contribution in [0.3, 0.4) is 0 Å². The lowest BCUT2D eigenvalue weighted by Gasteiger charge is -1.91. The molecule has 4 heteroatoms. The van der Waals surface area contributed by atoms with Gasteiger partial charge in [-0.1, -0.05) is 25.0 Å². The van der Waals surface area contributed by atoms with E-state index < -0.39 is 0 Å². The largest absolute Gasteiger partial charge is 0.286 e. The molecule has 7 heavy (non-hydrogen) atoms. The Morgan fingerprint density at radius 2 is 2.57 bits per heavy atom. The molecule has 1 unspecified atom stereocenters. The second-order valence-electron chi connectivity index (χ2n) is 1.05. The first kappa shape index (κ1) is 8.09. The van der Waals surface area contributed by atoms with Gasteiger partial charge >= 0.3 is 0 Å². The van der Waals surface area contributed by atoms with Crippen molar-refractivity contribution >= 4 is 31.5 Å². The van der Waals surface area contributed by atoms with Gasteiger partial charge in [-0.15, -0.1) is 0 Å². The highest BCUT2D eigenvalue weighted by Crippen LogP contribution is 2.23. The van der Waals surface area contributed by atoms with Gasteiger partial charge in [-0.3, -0.25) is 3.97 Å². The predicted octanol–water partition coefficient (Wildman–Crippen LogP) is 2.50. The molecule has 0 aliphatic carbocycles. The van der Waals surface area contributed by atoms with Gasteiger partial charge in [-0.05, 0) is 6.16 Å². The molecule has 0 N–H and O–H groups in total. The van der Waals surface area contributed by atoms with Crippen LogP contribution in [0.4, 0.5) is 0 Å². The van der Waals surface area contributed by atoms with Crippen LogP contribution in [0.15, 0.2) is 0 Å². The van der Waals surface area contributed by atoms with E-state index >= 15 is 0 Å². The lowest BCUT2D eigenvalue weighted by molar-refractivity contribution is 0.748. The number of hydrogen-bond acceptors (Lipinski definition) is 3. The molecule has 0 amide bonds. The summed E-state index contributed by atoms with van der Waals surface area (Å²) in [6.45, 7) is 2.14. The first-order chi connectivity index (χ1) is 3.41. The molecule has 0 aliphatic heterocycles. The molecule has 0 aromatic carbocycles. The fourth-order valence-corrected chi connectivity index (χ4v) is 1.39. The van der Waals surface area contributed by atoms with Gasteiger partial charge in [0.25, 0.3) is 0 Å². The number of thiol groups is 1. The first-order valence-corrected chi connectivity index (χ1v) is 5.02. The Morgan fingerprint density at radius 3 is 3.00 bits per heavy atom. The Bertz CT molecular complexity index is 32.1. The Kier molecular flexibility index (Phi) is 8.19. The zero-order valence-corrected chi connectivity index (χ0v) is 6.89. The Labute approximate surface area is 55.5 Å². The van der Waals surface area contributed by atoms with Gasteiger partial charge < -0.3 is 0 Å². The summed E-state index contributed by atoms with van der Waals surface area (Å²) in [4.78, 5) is 0. The van der Waals surface area contributed by atoms with Crippen molar-refractivity contribution in [2.24, 2.45) is 0 Å². The van der Waals surface area contributed by atoms with Crippen molar-refractivity contribution in [1.29, 1.82) is 0 Å². The van der Waals surface area contributed by atoms with Gasteiger partial charge in [0, 0.05) is 8.81 Å². The van der Waals surface area contributed by atoms with E-state index in [0.717, 1.165) is 17.2 Å². The maximum absolute atomic E-state index is 4.88. The van der Waals surface area contributed by atoms with E-state index in [-0.39, 0.29) is 0 Å². The van der Waals surface area contributed by atoms with Crippen molar-refractivity contribution in [3.05, 3.63) is 0 Å². The van der Waals surface area contributed by atoms with Gasteiger partial charge in [0.2, 0.25) is 0 Å². The van der Waals surface area contributed by atoms with Crippen LogP contribution >= 0.6 is 31.5 Å². The molecular weight excluding hydrogens is 147 g/mol. The van der Waals surface area contributed by atoms with Crippen LogP contribution in [0.1, 0.15) is 13.3 Å². The highest BCUT2D eigenvalue weighted by atomic mass is 33.1. The van der Waals surface area contributed by atoms with Gasteiger partial charge in [0.05, 0.1) is 11.1 Å². The first-order valence-electron chi connectivity index (χ1n) is 2.11. The molecule has 0 spiro atoms. The standard InChI is InChI=1S/C3H9OPS2/c1-2-3-5-4-7-6/h5-6H,2-3H2,1H3. The lowest BCUT2D eigenvalue weighted by Crippen LogP contribution is -1.65. The van der Waals surface area contributed by atoms with Crippen molar-refractivity contribution in [2.45, 2.75) is 13.3 Å². The van der Waals surface area contributed by atoms with E-state index in [1.165, 1.54) is 6.42 Å². The van der Waals surface area contributed by atoms with Crippen LogP contribution < -0.4 is 0 Å². The SMILES string of the molecule is CCCPOSS. The zero-order chi connectivity index (χ0) is 5.54. The van der Waals surface area contributed by atoms with Crippen LogP contribution in [-0.2, 0) is 3.97 Å². The smallest absolute Gasteiger partial charge is 0.0621 e. The van der Waals surface area contributed by atoms with Crippen molar-refractivity contribution in [3.63, 3.8) is 0 Å². The second-order valence-corrected chi connectivity index (χ2v) is 3.10. The molecule has 0 fully saturated rings. The molecule has 1 nitrogen and oxygen atoms in total. The van der Waals surface area contributed by atoms with Gasteiger partial charge in [-0.25, -0.2) is 0 Å². The maximum Gasteiger partial charge on any atom is 0.0621 e. The summed E-state index contributed by atoms with van der Waals surface area (Å²) in [7, 11) is 0.619. The molecule has 44 valence electrons.